The predicted octanol–water partition coefficient (Wildman–Crippen LogP) is 1.99. The van der Waals surface area contributed by atoms with E-state index in [2.05, 4.69) is 21.1 Å². The number of nitriles is 1. The molecule has 0 bridgehead atoms. The van der Waals surface area contributed by atoms with Gasteiger partial charge in [-0.3, -0.25) is 14.4 Å². The van der Waals surface area contributed by atoms with Crippen LogP contribution in [0.5, 0.6) is 0 Å². The molecule has 1 atom stereocenters. The zero-order valence-corrected chi connectivity index (χ0v) is 14.7. The predicted molar refractivity (Wildman–Crippen MR) is 90.7 cm³/mol. The second-order valence-electron chi connectivity index (χ2n) is 5.73. The second kappa shape index (κ2) is 6.61. The molecule has 1 amide bonds. The van der Waals surface area contributed by atoms with Crippen molar-refractivity contribution in [2.45, 2.75) is 37.0 Å². The van der Waals surface area contributed by atoms with E-state index in [1.165, 1.54) is 11.8 Å². The average molecular weight is 342 g/mol. The minimum absolute atomic E-state index is 0.0164. The maximum atomic E-state index is 12.8. The number of hydrogen-bond acceptors (Lipinski definition) is 6. The number of amides is 1. The van der Waals surface area contributed by atoms with Crippen LogP contribution in [0.2, 0.25) is 0 Å². The number of carbonyl (C=O) groups is 1. The summed E-state index contributed by atoms with van der Waals surface area (Å²) in [4.78, 5) is 23.2. The topological polar surface area (TPSA) is 87.7 Å². The molecular formula is C16H18N6OS. The summed E-state index contributed by atoms with van der Waals surface area (Å²) in [5.74, 6) is 1.30. The molecule has 1 fully saturated rings. The van der Waals surface area contributed by atoms with Gasteiger partial charge < -0.3 is 0 Å². The third-order valence-electron chi connectivity index (χ3n) is 3.90. The van der Waals surface area contributed by atoms with Gasteiger partial charge in [0.1, 0.15) is 22.5 Å². The second-order valence-corrected chi connectivity index (χ2v) is 6.93. The molecule has 0 aliphatic carbocycles. The molecule has 0 saturated carbocycles. The minimum Gasteiger partial charge on any atom is -0.294 e. The maximum absolute atomic E-state index is 12.8. The molecule has 0 radical (unpaired) electrons. The summed E-state index contributed by atoms with van der Waals surface area (Å²) in [5, 5.41) is 14.0. The molecule has 3 rings (SSSR count). The third kappa shape index (κ3) is 3.12. The number of nitrogens with zero attached hydrogens (tertiary/aromatic N) is 6. The van der Waals surface area contributed by atoms with Gasteiger partial charge in [0.2, 0.25) is 5.91 Å². The molecule has 2 aromatic rings. The van der Waals surface area contributed by atoms with Gasteiger partial charge in [-0.05, 0) is 26.7 Å². The van der Waals surface area contributed by atoms with Crippen molar-refractivity contribution in [3.05, 3.63) is 29.3 Å². The summed E-state index contributed by atoms with van der Waals surface area (Å²) in [7, 11) is 1.83. The Morgan fingerprint density at radius 1 is 1.38 bits per heavy atom. The van der Waals surface area contributed by atoms with Crippen molar-refractivity contribution in [1.82, 2.24) is 19.7 Å². The highest BCUT2D eigenvalue weighted by atomic mass is 32.2. The highest BCUT2D eigenvalue weighted by Gasteiger charge is 2.32. The number of anilines is 1. The molecule has 0 N–H and O–H groups in total. The Hall–Kier alpha value is -2.40. The summed E-state index contributed by atoms with van der Waals surface area (Å²) in [5.41, 5.74) is 1.10. The fraction of sp³-hybridized carbons (Fsp3) is 0.438. The summed E-state index contributed by atoms with van der Waals surface area (Å²) >= 11 is 1.36. The first-order valence-corrected chi connectivity index (χ1v) is 8.60. The normalized spacial score (nSPS) is 17.8. The minimum atomic E-state index is -0.262. The van der Waals surface area contributed by atoms with Gasteiger partial charge in [0.25, 0.3) is 0 Å². The van der Waals surface area contributed by atoms with Gasteiger partial charge in [-0.25, -0.2) is 9.97 Å². The molecule has 3 heterocycles. The van der Waals surface area contributed by atoms with Crippen LogP contribution in [0.4, 0.5) is 5.82 Å². The average Bonchev–Trinajstić information content (AvgIpc) is 2.95. The molecule has 1 saturated heterocycles. The van der Waals surface area contributed by atoms with Crippen molar-refractivity contribution in [3.8, 4) is 6.07 Å². The molecule has 1 unspecified atom stereocenters. The van der Waals surface area contributed by atoms with Crippen LogP contribution < -0.4 is 4.90 Å². The van der Waals surface area contributed by atoms with Crippen LogP contribution in [0, 0.1) is 25.2 Å². The molecule has 7 nitrogen and oxygen atoms in total. The van der Waals surface area contributed by atoms with Gasteiger partial charge >= 0.3 is 0 Å². The quantitative estimate of drug-likeness (QED) is 0.793. The summed E-state index contributed by atoms with van der Waals surface area (Å²) in [6.45, 7) is 4.25. The van der Waals surface area contributed by atoms with Crippen LogP contribution in [0.15, 0.2) is 17.3 Å². The number of rotatable bonds is 3. The smallest absolute Gasteiger partial charge is 0.241 e. The molecule has 124 valence electrons. The highest BCUT2D eigenvalue weighted by Crippen LogP contribution is 2.33. The maximum Gasteiger partial charge on any atom is 0.241 e. The van der Waals surface area contributed by atoms with Crippen LogP contribution in [0.3, 0.4) is 0 Å². The highest BCUT2D eigenvalue weighted by molar-refractivity contribution is 8.00. The lowest BCUT2D eigenvalue weighted by atomic mass is 10.1. The van der Waals surface area contributed by atoms with Crippen molar-refractivity contribution in [1.29, 1.82) is 5.26 Å². The summed E-state index contributed by atoms with van der Waals surface area (Å²) in [6, 6.07) is 3.99. The van der Waals surface area contributed by atoms with E-state index in [1.807, 2.05) is 19.3 Å². The van der Waals surface area contributed by atoms with Crippen molar-refractivity contribution < 1.29 is 4.79 Å². The fourth-order valence-corrected chi connectivity index (χ4v) is 4.03. The Bertz CT molecular complexity index is 824. The Morgan fingerprint density at radius 3 is 2.83 bits per heavy atom. The standard InChI is InChI=1S/C16H18N6OS/c1-10-12(9-17)15(19-11(2)18-10)24-13-5-4-7-22(16(13)23)14-6-8-21(3)20-14/h6,8,13H,4-5,7H2,1-3H3. The SMILES string of the molecule is Cc1nc(C)c(C#N)c(SC2CCCN(c3ccn(C)n3)C2=O)n1. The molecule has 24 heavy (non-hydrogen) atoms. The summed E-state index contributed by atoms with van der Waals surface area (Å²) < 4.78 is 1.68. The Morgan fingerprint density at radius 2 is 2.17 bits per heavy atom. The monoisotopic (exact) mass is 342 g/mol. The van der Waals surface area contributed by atoms with Crippen molar-refractivity contribution in [2.24, 2.45) is 7.05 Å². The van der Waals surface area contributed by atoms with Crippen molar-refractivity contribution in [3.63, 3.8) is 0 Å². The van der Waals surface area contributed by atoms with Gasteiger partial charge in [-0.2, -0.15) is 10.4 Å². The van der Waals surface area contributed by atoms with E-state index in [1.54, 1.807) is 23.4 Å². The van der Waals surface area contributed by atoms with Crippen LogP contribution in [-0.4, -0.2) is 37.5 Å². The van der Waals surface area contributed by atoms with Crippen molar-refractivity contribution in [2.75, 3.05) is 11.4 Å². The zero-order valence-electron chi connectivity index (χ0n) is 13.9. The lowest BCUT2D eigenvalue weighted by Crippen LogP contribution is -2.43. The Kier molecular flexibility index (Phi) is 4.53. The molecule has 0 spiro atoms. The molecule has 1 aliphatic rings. The zero-order chi connectivity index (χ0) is 17.3. The van der Waals surface area contributed by atoms with Gasteiger partial charge in [-0.1, -0.05) is 11.8 Å². The lowest BCUT2D eigenvalue weighted by Gasteiger charge is -2.30. The van der Waals surface area contributed by atoms with Gasteiger partial charge in [0.15, 0.2) is 5.82 Å². The van der Waals surface area contributed by atoms with Crippen LogP contribution in [0.1, 0.15) is 29.9 Å². The third-order valence-corrected chi connectivity index (χ3v) is 5.14. The first-order chi connectivity index (χ1) is 11.5. The molecule has 0 aromatic carbocycles. The number of aromatic nitrogens is 4. The van der Waals surface area contributed by atoms with Gasteiger partial charge in [0, 0.05) is 25.9 Å². The fourth-order valence-electron chi connectivity index (χ4n) is 2.76. The van der Waals surface area contributed by atoms with E-state index in [9.17, 15) is 10.1 Å². The van der Waals surface area contributed by atoms with E-state index in [0.29, 0.717) is 34.5 Å². The summed E-state index contributed by atoms with van der Waals surface area (Å²) in [6.07, 6.45) is 3.48. The number of thioether (sulfide) groups is 1. The van der Waals surface area contributed by atoms with E-state index < -0.39 is 0 Å². The molecule has 2 aromatic heterocycles. The van der Waals surface area contributed by atoms with E-state index in [4.69, 9.17) is 0 Å². The molecular weight excluding hydrogens is 324 g/mol. The lowest BCUT2D eigenvalue weighted by molar-refractivity contribution is -0.119. The van der Waals surface area contributed by atoms with E-state index >= 15 is 0 Å². The molecule has 8 heteroatoms. The van der Waals surface area contributed by atoms with Crippen LogP contribution in [0.25, 0.3) is 0 Å². The van der Waals surface area contributed by atoms with Gasteiger partial charge in [0.05, 0.1) is 10.9 Å². The number of piperidine rings is 1. The van der Waals surface area contributed by atoms with Crippen molar-refractivity contribution >= 4 is 23.5 Å². The number of carbonyl (C=O) groups excluding carboxylic acids is 1. The van der Waals surface area contributed by atoms with E-state index in [0.717, 1.165) is 12.8 Å². The number of aryl methyl sites for hydroxylation is 3. The Balaban J connectivity index is 1.86. The van der Waals surface area contributed by atoms with E-state index in [-0.39, 0.29) is 11.2 Å². The van der Waals surface area contributed by atoms with Crippen LogP contribution in [-0.2, 0) is 11.8 Å². The van der Waals surface area contributed by atoms with Gasteiger partial charge in [-0.15, -0.1) is 0 Å². The first kappa shape index (κ1) is 16.5. The first-order valence-electron chi connectivity index (χ1n) is 7.72. The Labute approximate surface area is 144 Å². The largest absolute Gasteiger partial charge is 0.294 e. The number of hydrogen-bond donors (Lipinski definition) is 0. The van der Waals surface area contributed by atoms with Crippen LogP contribution >= 0.6 is 11.8 Å². The molecule has 1 aliphatic heterocycles.